The van der Waals surface area contributed by atoms with Crippen LogP contribution < -0.4 is 5.32 Å². The van der Waals surface area contributed by atoms with Gasteiger partial charge in [0.2, 0.25) is 5.91 Å². The number of hydroxylamine groups is 2. The van der Waals surface area contributed by atoms with E-state index in [4.69, 9.17) is 14.7 Å². The van der Waals surface area contributed by atoms with Crippen LogP contribution >= 0.6 is 0 Å². The number of ether oxygens (including phenoxy) is 1. The highest BCUT2D eigenvalue weighted by Crippen LogP contribution is 2.44. The van der Waals surface area contributed by atoms with Crippen LogP contribution in [0.1, 0.15) is 23.5 Å². The van der Waals surface area contributed by atoms with Gasteiger partial charge in [0.1, 0.15) is 6.61 Å². The summed E-state index contributed by atoms with van der Waals surface area (Å²) in [4.78, 5) is 39.0. The molecule has 8 heteroatoms. The van der Waals surface area contributed by atoms with Crippen LogP contribution in [0, 0.1) is 0 Å². The van der Waals surface area contributed by atoms with Crippen LogP contribution in [0.5, 0.6) is 0 Å². The molecule has 8 nitrogen and oxygen atoms in total. The number of nitrogens with one attached hydrogen (secondary N) is 1. The van der Waals surface area contributed by atoms with Crippen molar-refractivity contribution in [1.82, 2.24) is 10.4 Å². The predicted molar refractivity (Wildman–Crippen MR) is 104 cm³/mol. The van der Waals surface area contributed by atoms with E-state index >= 15 is 0 Å². The molecule has 0 fully saturated rings. The third kappa shape index (κ3) is 4.91. The fraction of sp³-hybridized carbons (Fsp3) is 0.286. The van der Waals surface area contributed by atoms with Crippen LogP contribution in [-0.2, 0) is 19.2 Å². The molecule has 2 N–H and O–H groups in total. The lowest BCUT2D eigenvalue weighted by atomic mass is 9.98. The largest absolute Gasteiger partial charge is 0.479 e. The number of hydrogen-bond donors (Lipinski definition) is 2. The van der Waals surface area contributed by atoms with Crippen LogP contribution in [0.3, 0.4) is 0 Å². The van der Waals surface area contributed by atoms with Crippen molar-refractivity contribution in [2.24, 2.45) is 0 Å². The maximum absolute atomic E-state index is 12.0. The third-order valence-electron chi connectivity index (χ3n) is 4.68. The second-order valence-corrected chi connectivity index (χ2v) is 6.56. The van der Waals surface area contributed by atoms with Crippen molar-refractivity contribution in [2.45, 2.75) is 12.3 Å². The van der Waals surface area contributed by atoms with Crippen LogP contribution in [0.4, 0.5) is 4.79 Å². The quantitative estimate of drug-likeness (QED) is 0.662. The monoisotopic (exact) mass is 398 g/mol. The summed E-state index contributed by atoms with van der Waals surface area (Å²) in [6.07, 6.45) is -0.658. The molecule has 1 aliphatic carbocycles. The highest BCUT2D eigenvalue weighted by atomic mass is 16.7. The number of fused-ring (bicyclic) bond motifs is 3. The molecule has 29 heavy (non-hydrogen) atoms. The van der Waals surface area contributed by atoms with E-state index in [1.165, 1.54) is 7.05 Å². The summed E-state index contributed by atoms with van der Waals surface area (Å²) in [5.74, 6) is -1.67. The van der Waals surface area contributed by atoms with Gasteiger partial charge >= 0.3 is 12.1 Å². The number of rotatable bonds is 8. The van der Waals surface area contributed by atoms with Gasteiger partial charge in [0, 0.05) is 25.9 Å². The first-order valence-electron chi connectivity index (χ1n) is 9.17. The second kappa shape index (κ2) is 9.20. The van der Waals surface area contributed by atoms with Crippen molar-refractivity contribution in [2.75, 3.05) is 26.8 Å². The van der Waals surface area contributed by atoms with Gasteiger partial charge in [-0.2, -0.15) is 0 Å². The lowest BCUT2D eigenvalue weighted by Gasteiger charge is -2.16. The topological polar surface area (TPSA) is 105 Å². The Kier molecular flexibility index (Phi) is 6.46. The van der Waals surface area contributed by atoms with Gasteiger partial charge in [0.15, 0.2) is 6.61 Å². The molecule has 1 aliphatic rings. The maximum atomic E-state index is 12.0. The standard InChI is InChI=1S/C21H22N2O6/c1-23(29-13-20(25)26)19(24)10-11-22-21(27)28-12-18-16-8-4-2-6-14(16)15-7-3-5-9-17(15)18/h2-9,18H,10-13H2,1H3,(H,22,27)(H,25,26). The summed E-state index contributed by atoms with van der Waals surface area (Å²) in [5, 5.41) is 11.9. The third-order valence-corrected chi connectivity index (χ3v) is 4.68. The van der Waals surface area contributed by atoms with Gasteiger partial charge in [-0.3, -0.25) is 9.63 Å². The van der Waals surface area contributed by atoms with Crippen molar-refractivity contribution in [3.63, 3.8) is 0 Å². The molecular formula is C21H22N2O6. The molecule has 0 aromatic heterocycles. The summed E-state index contributed by atoms with van der Waals surface area (Å²) < 4.78 is 5.38. The van der Waals surface area contributed by atoms with Crippen LogP contribution in [0.2, 0.25) is 0 Å². The molecular weight excluding hydrogens is 376 g/mol. The minimum absolute atomic E-state index is 0.0367. The fourth-order valence-electron chi connectivity index (χ4n) is 3.30. The van der Waals surface area contributed by atoms with Gasteiger partial charge in [-0.25, -0.2) is 14.7 Å². The van der Waals surface area contributed by atoms with Crippen molar-refractivity contribution in [1.29, 1.82) is 0 Å². The Balaban J connectivity index is 1.48. The number of carboxylic acid groups (broad SMARTS) is 1. The highest BCUT2D eigenvalue weighted by Gasteiger charge is 2.28. The van der Waals surface area contributed by atoms with E-state index in [1.807, 2.05) is 36.4 Å². The molecule has 3 rings (SSSR count). The van der Waals surface area contributed by atoms with Crippen molar-refractivity contribution < 1.29 is 29.1 Å². The lowest BCUT2D eigenvalue weighted by molar-refractivity contribution is -0.185. The number of alkyl carbamates (subject to hydrolysis) is 1. The number of carbonyl (C=O) groups excluding carboxylic acids is 2. The smallest absolute Gasteiger partial charge is 0.407 e. The van der Waals surface area contributed by atoms with Gasteiger partial charge < -0.3 is 15.2 Å². The van der Waals surface area contributed by atoms with E-state index in [1.54, 1.807) is 0 Å². The minimum Gasteiger partial charge on any atom is -0.479 e. The van der Waals surface area contributed by atoms with Gasteiger partial charge in [0.05, 0.1) is 0 Å². The van der Waals surface area contributed by atoms with Crippen LogP contribution in [0.15, 0.2) is 48.5 Å². The first-order chi connectivity index (χ1) is 14.0. The molecule has 0 spiro atoms. The summed E-state index contributed by atoms with van der Waals surface area (Å²) in [5.41, 5.74) is 4.53. The molecule has 0 unspecified atom stereocenters. The van der Waals surface area contributed by atoms with E-state index in [2.05, 4.69) is 17.4 Å². The number of carboxylic acids is 1. The molecule has 0 atom stereocenters. The number of carbonyl (C=O) groups is 3. The fourth-order valence-corrected chi connectivity index (χ4v) is 3.30. The second-order valence-electron chi connectivity index (χ2n) is 6.56. The molecule has 0 saturated heterocycles. The van der Waals surface area contributed by atoms with Crippen LogP contribution in [-0.4, -0.2) is 54.9 Å². The Hall–Kier alpha value is -3.39. The molecule has 2 aromatic rings. The van der Waals surface area contributed by atoms with Gasteiger partial charge in [0.25, 0.3) is 0 Å². The Morgan fingerprint density at radius 3 is 2.21 bits per heavy atom. The zero-order chi connectivity index (χ0) is 20.8. The molecule has 0 heterocycles. The SMILES string of the molecule is CN(OCC(=O)O)C(=O)CCNC(=O)OCC1c2ccccc2-c2ccccc21. The molecule has 0 aliphatic heterocycles. The number of hydrogen-bond acceptors (Lipinski definition) is 5. The minimum atomic E-state index is -1.18. The molecule has 2 aromatic carbocycles. The van der Waals surface area contributed by atoms with E-state index in [0.717, 1.165) is 27.3 Å². The summed E-state index contributed by atoms with van der Waals surface area (Å²) in [7, 11) is 1.32. The van der Waals surface area contributed by atoms with E-state index < -0.39 is 24.6 Å². The van der Waals surface area contributed by atoms with Gasteiger partial charge in [-0.1, -0.05) is 48.5 Å². The van der Waals surface area contributed by atoms with Gasteiger partial charge in [-0.05, 0) is 22.3 Å². The Morgan fingerprint density at radius 1 is 1.03 bits per heavy atom. The average Bonchev–Trinajstić information content (AvgIpc) is 3.04. The molecule has 2 amide bonds. The zero-order valence-corrected chi connectivity index (χ0v) is 16.0. The van der Waals surface area contributed by atoms with E-state index in [-0.39, 0.29) is 25.5 Å². The number of benzene rings is 2. The van der Waals surface area contributed by atoms with Crippen molar-refractivity contribution in [3.8, 4) is 11.1 Å². The van der Waals surface area contributed by atoms with Crippen LogP contribution in [0.25, 0.3) is 11.1 Å². The zero-order valence-electron chi connectivity index (χ0n) is 16.0. The summed E-state index contributed by atoms with van der Waals surface area (Å²) in [6.45, 7) is -0.367. The first-order valence-corrected chi connectivity index (χ1v) is 9.17. The number of amides is 2. The predicted octanol–water partition coefficient (Wildman–Crippen LogP) is 2.39. The molecule has 0 bridgehead atoms. The van der Waals surface area contributed by atoms with E-state index in [9.17, 15) is 14.4 Å². The Labute approximate surface area is 168 Å². The molecule has 0 radical (unpaired) electrons. The normalized spacial score (nSPS) is 12.0. The summed E-state index contributed by atoms with van der Waals surface area (Å²) >= 11 is 0. The molecule has 152 valence electrons. The number of aliphatic carboxylic acids is 1. The van der Waals surface area contributed by atoms with Gasteiger partial charge in [-0.15, -0.1) is 0 Å². The van der Waals surface area contributed by atoms with Crippen molar-refractivity contribution >= 4 is 18.0 Å². The maximum Gasteiger partial charge on any atom is 0.407 e. The first kappa shape index (κ1) is 20.3. The van der Waals surface area contributed by atoms with Crippen molar-refractivity contribution in [3.05, 3.63) is 59.7 Å². The lowest BCUT2D eigenvalue weighted by Crippen LogP contribution is -2.33. The molecule has 0 saturated carbocycles. The highest BCUT2D eigenvalue weighted by molar-refractivity contribution is 5.79. The summed E-state index contributed by atoms with van der Waals surface area (Å²) in [6, 6.07) is 16.1. The average molecular weight is 398 g/mol. The number of nitrogens with zero attached hydrogens (tertiary/aromatic N) is 1. The Bertz CT molecular complexity index is 868. The Morgan fingerprint density at radius 2 is 1.62 bits per heavy atom. The van der Waals surface area contributed by atoms with E-state index in [0.29, 0.717) is 0 Å².